The van der Waals surface area contributed by atoms with Crippen molar-refractivity contribution in [3.05, 3.63) is 36.2 Å². The Bertz CT molecular complexity index is 916. The summed E-state index contributed by atoms with van der Waals surface area (Å²) in [5, 5.41) is 4.00. The van der Waals surface area contributed by atoms with Crippen molar-refractivity contribution in [3.63, 3.8) is 0 Å². The first-order chi connectivity index (χ1) is 12.9. The molecular formula is C17H18F3N5O2S. The Kier molecular flexibility index (Phi) is 6.17. The lowest BCUT2D eigenvalue weighted by atomic mass is 9.96. The van der Waals surface area contributed by atoms with Crippen LogP contribution in [0.5, 0.6) is 0 Å². The first kappa shape index (κ1) is 21.5. The van der Waals surface area contributed by atoms with E-state index in [1.807, 2.05) is 0 Å². The van der Waals surface area contributed by atoms with Crippen molar-refractivity contribution in [3.8, 4) is 11.4 Å². The van der Waals surface area contributed by atoms with Crippen molar-refractivity contribution < 1.29 is 22.8 Å². The van der Waals surface area contributed by atoms with E-state index in [0.717, 1.165) is 22.9 Å². The fourth-order valence-corrected chi connectivity index (χ4v) is 2.15. The molecule has 0 saturated carbocycles. The zero-order chi connectivity index (χ0) is 21.1. The van der Waals surface area contributed by atoms with E-state index >= 15 is 0 Å². The summed E-state index contributed by atoms with van der Waals surface area (Å²) in [6.07, 6.45) is -0.974. The molecule has 0 aliphatic carbocycles. The van der Waals surface area contributed by atoms with E-state index < -0.39 is 23.1 Å². The summed E-state index contributed by atoms with van der Waals surface area (Å²) in [5.41, 5.74) is 3.07. The summed E-state index contributed by atoms with van der Waals surface area (Å²) in [7, 11) is 0. The summed E-state index contributed by atoms with van der Waals surface area (Å²) >= 11 is 3.98. The number of nitrogens with zero attached hydrogens (tertiary/aromatic N) is 3. The monoisotopic (exact) mass is 413 g/mol. The maximum atomic E-state index is 12.9. The molecule has 0 aliphatic heterocycles. The molecule has 11 heteroatoms. The number of alkyl halides is 3. The molecule has 0 aliphatic rings. The minimum atomic E-state index is -4.52. The van der Waals surface area contributed by atoms with Gasteiger partial charge in [-0.05, 0) is 18.2 Å². The number of nitrogens with one attached hydrogen (secondary N) is 2. The van der Waals surface area contributed by atoms with Crippen molar-refractivity contribution in [1.82, 2.24) is 25.6 Å². The van der Waals surface area contributed by atoms with Gasteiger partial charge in [0.2, 0.25) is 5.91 Å². The number of hydrogen-bond acceptors (Lipinski definition) is 5. The third kappa shape index (κ3) is 5.84. The summed E-state index contributed by atoms with van der Waals surface area (Å²) in [6, 6.07) is 3.22. The smallest absolute Gasteiger partial charge is 0.273 e. The second-order valence-electron chi connectivity index (χ2n) is 6.82. The number of carbonyl (C=O) groups excluding carboxylic acids is 2. The molecular weight excluding hydrogens is 395 g/mol. The first-order valence-electron chi connectivity index (χ1n) is 7.97. The largest absolute Gasteiger partial charge is 0.416 e. The highest BCUT2D eigenvalue weighted by Gasteiger charge is 2.31. The van der Waals surface area contributed by atoms with Crippen molar-refractivity contribution in [1.29, 1.82) is 0 Å². The van der Waals surface area contributed by atoms with Crippen LogP contribution in [0.4, 0.5) is 13.2 Å². The molecule has 1 aromatic heterocycles. The first-order valence-corrected chi connectivity index (χ1v) is 8.42. The van der Waals surface area contributed by atoms with Gasteiger partial charge in [0.1, 0.15) is 6.33 Å². The number of aromatic nitrogens is 3. The van der Waals surface area contributed by atoms with Crippen LogP contribution in [0.1, 0.15) is 26.3 Å². The van der Waals surface area contributed by atoms with E-state index in [4.69, 9.17) is 0 Å². The standard InChI is InChI=1S/C17H18F3N5O2S/c1-16(2,3)15(27)23-22-13(26)4-5-25-9-21-14(24-25)10-6-11(17(18,19)20)8-12(28)7-10/h4-9,28H,1-3H3,(H,22,26)(H,23,27)/b5-4-. The van der Waals surface area contributed by atoms with Gasteiger partial charge in [-0.15, -0.1) is 17.7 Å². The molecule has 7 nitrogen and oxygen atoms in total. The minimum absolute atomic E-state index is 0.0347. The molecule has 2 N–H and O–H groups in total. The Hall–Kier alpha value is -2.82. The summed E-state index contributed by atoms with van der Waals surface area (Å²) in [5.74, 6) is -0.955. The molecule has 0 unspecified atom stereocenters. The zero-order valence-corrected chi connectivity index (χ0v) is 16.1. The number of halogens is 3. The van der Waals surface area contributed by atoms with Crippen LogP contribution < -0.4 is 10.9 Å². The number of rotatable bonds is 3. The lowest BCUT2D eigenvalue weighted by molar-refractivity contribution is -0.137. The van der Waals surface area contributed by atoms with Gasteiger partial charge in [0.15, 0.2) is 5.82 Å². The topological polar surface area (TPSA) is 88.9 Å². The highest BCUT2D eigenvalue weighted by atomic mass is 32.1. The Morgan fingerprint density at radius 3 is 2.43 bits per heavy atom. The number of hydrazine groups is 1. The fraction of sp³-hybridized carbons (Fsp3) is 0.294. The van der Waals surface area contributed by atoms with Gasteiger partial charge in [-0.1, -0.05) is 20.8 Å². The minimum Gasteiger partial charge on any atom is -0.273 e. The predicted octanol–water partition coefficient (Wildman–Crippen LogP) is 2.92. The van der Waals surface area contributed by atoms with E-state index in [0.29, 0.717) is 0 Å². The van der Waals surface area contributed by atoms with Crippen LogP contribution in [-0.4, -0.2) is 26.6 Å². The van der Waals surface area contributed by atoms with Crippen LogP contribution in [0.3, 0.4) is 0 Å². The van der Waals surface area contributed by atoms with Crippen molar-refractivity contribution in [2.24, 2.45) is 5.41 Å². The van der Waals surface area contributed by atoms with Crippen LogP contribution >= 0.6 is 12.6 Å². The molecule has 0 saturated heterocycles. The van der Waals surface area contributed by atoms with Gasteiger partial charge in [0, 0.05) is 28.1 Å². The maximum Gasteiger partial charge on any atom is 0.416 e. The Balaban J connectivity index is 2.08. The summed E-state index contributed by atoms with van der Waals surface area (Å²) in [4.78, 5) is 27.4. The average molecular weight is 413 g/mol. The number of thiol groups is 1. The lowest BCUT2D eigenvalue weighted by Crippen LogP contribution is -2.46. The second kappa shape index (κ2) is 8.05. The molecule has 1 aromatic carbocycles. The highest BCUT2D eigenvalue weighted by molar-refractivity contribution is 7.80. The van der Waals surface area contributed by atoms with E-state index in [-0.39, 0.29) is 22.2 Å². The highest BCUT2D eigenvalue weighted by Crippen LogP contribution is 2.33. The van der Waals surface area contributed by atoms with Crippen molar-refractivity contribution in [2.45, 2.75) is 31.8 Å². The Labute approximate surface area is 164 Å². The lowest BCUT2D eigenvalue weighted by Gasteiger charge is -2.17. The van der Waals surface area contributed by atoms with Gasteiger partial charge in [0.25, 0.3) is 5.91 Å². The molecule has 2 aromatic rings. The van der Waals surface area contributed by atoms with Crippen LogP contribution in [0.15, 0.2) is 35.5 Å². The maximum absolute atomic E-state index is 12.9. The SMILES string of the molecule is CC(C)(C)C(=O)NNC(=O)/C=C\n1cnc(-c2cc(S)cc(C(F)(F)F)c2)n1. The van der Waals surface area contributed by atoms with Gasteiger partial charge < -0.3 is 0 Å². The summed E-state index contributed by atoms with van der Waals surface area (Å²) in [6.45, 7) is 5.06. The quantitative estimate of drug-likeness (QED) is 0.410. The molecule has 0 spiro atoms. The van der Waals surface area contributed by atoms with E-state index in [1.165, 1.54) is 18.6 Å². The zero-order valence-electron chi connectivity index (χ0n) is 15.2. The average Bonchev–Trinajstić information content (AvgIpc) is 3.04. The summed E-state index contributed by atoms with van der Waals surface area (Å²) < 4.78 is 39.9. The number of hydrogen-bond donors (Lipinski definition) is 3. The molecule has 1 heterocycles. The molecule has 28 heavy (non-hydrogen) atoms. The van der Waals surface area contributed by atoms with Crippen LogP contribution in [0, 0.1) is 5.41 Å². The van der Waals surface area contributed by atoms with Crippen LogP contribution in [0.25, 0.3) is 17.6 Å². The molecule has 0 bridgehead atoms. The van der Waals surface area contributed by atoms with Gasteiger partial charge >= 0.3 is 6.18 Å². The molecule has 150 valence electrons. The molecule has 0 fully saturated rings. The van der Waals surface area contributed by atoms with E-state index in [1.54, 1.807) is 20.8 Å². The number of amides is 2. The van der Waals surface area contributed by atoms with Crippen molar-refractivity contribution in [2.75, 3.05) is 0 Å². The third-order valence-electron chi connectivity index (χ3n) is 3.37. The Morgan fingerprint density at radius 1 is 1.14 bits per heavy atom. The molecule has 0 atom stereocenters. The van der Waals surface area contributed by atoms with Gasteiger partial charge in [-0.3, -0.25) is 20.4 Å². The van der Waals surface area contributed by atoms with E-state index in [2.05, 4.69) is 33.6 Å². The molecule has 0 radical (unpaired) electrons. The predicted molar refractivity (Wildman–Crippen MR) is 98.8 cm³/mol. The van der Waals surface area contributed by atoms with E-state index in [9.17, 15) is 22.8 Å². The van der Waals surface area contributed by atoms with Crippen molar-refractivity contribution >= 4 is 30.6 Å². The molecule has 2 rings (SSSR count). The number of benzene rings is 1. The van der Waals surface area contributed by atoms with Crippen LogP contribution in [0.2, 0.25) is 0 Å². The number of carbonyl (C=O) groups is 2. The normalized spacial score (nSPS) is 12.2. The van der Waals surface area contributed by atoms with Crippen LogP contribution in [-0.2, 0) is 15.8 Å². The third-order valence-corrected chi connectivity index (χ3v) is 3.63. The molecule has 2 amide bonds. The van der Waals surface area contributed by atoms with Gasteiger partial charge in [-0.2, -0.15) is 13.2 Å². The second-order valence-corrected chi connectivity index (χ2v) is 7.34. The Morgan fingerprint density at radius 2 is 1.82 bits per heavy atom. The fourth-order valence-electron chi connectivity index (χ4n) is 1.87. The van der Waals surface area contributed by atoms with Gasteiger partial charge in [-0.25, -0.2) is 9.67 Å². The van der Waals surface area contributed by atoms with Gasteiger partial charge in [0.05, 0.1) is 5.56 Å².